The van der Waals surface area contributed by atoms with E-state index in [0.717, 1.165) is 19.0 Å². The van der Waals surface area contributed by atoms with Crippen LogP contribution >= 0.6 is 11.6 Å². The highest BCUT2D eigenvalue weighted by Crippen LogP contribution is 2.25. The first-order chi connectivity index (χ1) is 15.2. The summed E-state index contributed by atoms with van der Waals surface area (Å²) in [6.45, 7) is 10.3. The lowest BCUT2D eigenvalue weighted by molar-refractivity contribution is 0.0544. The van der Waals surface area contributed by atoms with Crippen molar-refractivity contribution in [1.82, 2.24) is 20.6 Å². The molecule has 3 N–H and O–H groups in total. The van der Waals surface area contributed by atoms with E-state index in [2.05, 4.69) is 30.9 Å². The van der Waals surface area contributed by atoms with Gasteiger partial charge in [-0.1, -0.05) is 0 Å². The predicted octanol–water partition coefficient (Wildman–Crippen LogP) is 4.40. The average Bonchev–Trinajstić information content (AvgIpc) is 2.61. The summed E-state index contributed by atoms with van der Waals surface area (Å²) < 4.78 is 24.5. The first-order valence-corrected chi connectivity index (χ1v) is 11.1. The summed E-state index contributed by atoms with van der Waals surface area (Å²) >= 11 is 5.77. The lowest BCUT2D eigenvalue weighted by Crippen LogP contribution is -2.48. The standard InChI is InChI=1S/C21H32ClFN6O4/c1-20(2,3)32-18(30)28-17(29-19(31)33-21(4,5)6)26-13-9-7-8-12(10-13)25-15-14(23)11-24-16(22)27-15/h11-13H,7-10H2,1-6H3,(H,24,25,27)(H2,26,28,29,30,31). The van der Waals surface area contributed by atoms with Gasteiger partial charge in [-0.05, 0) is 78.8 Å². The Hall–Kier alpha value is -2.69. The number of carbonyl (C=O) groups is 2. The van der Waals surface area contributed by atoms with Crippen molar-refractivity contribution in [3.8, 4) is 0 Å². The first-order valence-electron chi connectivity index (χ1n) is 10.7. The lowest BCUT2D eigenvalue weighted by Gasteiger charge is -2.29. The summed E-state index contributed by atoms with van der Waals surface area (Å²) in [4.78, 5) is 36.5. The van der Waals surface area contributed by atoms with Crippen LogP contribution in [0.4, 0.5) is 19.8 Å². The SMILES string of the molecule is CC(C)(C)OC(=O)NC(=NC1CCCC(Nc2nc(Cl)ncc2F)C1)NC(=O)OC(C)(C)C. The van der Waals surface area contributed by atoms with Crippen LogP contribution in [0.5, 0.6) is 0 Å². The molecule has 2 atom stereocenters. The Morgan fingerprint density at radius 2 is 1.67 bits per heavy atom. The molecule has 1 aliphatic carbocycles. The molecule has 10 nitrogen and oxygen atoms in total. The number of alkyl carbamates (subject to hydrolysis) is 2. The molecule has 33 heavy (non-hydrogen) atoms. The van der Waals surface area contributed by atoms with Crippen molar-refractivity contribution in [2.45, 2.75) is 90.5 Å². The molecule has 0 aromatic carbocycles. The van der Waals surface area contributed by atoms with Crippen molar-refractivity contribution in [2.75, 3.05) is 5.32 Å². The number of nitrogens with one attached hydrogen (secondary N) is 3. The molecule has 2 unspecified atom stereocenters. The van der Waals surface area contributed by atoms with Crippen molar-refractivity contribution in [1.29, 1.82) is 0 Å². The molecule has 1 heterocycles. The van der Waals surface area contributed by atoms with E-state index < -0.39 is 29.2 Å². The smallest absolute Gasteiger partial charge is 0.414 e. The third kappa shape index (κ3) is 10.2. The molecule has 0 bridgehead atoms. The molecule has 1 aromatic rings. The van der Waals surface area contributed by atoms with Gasteiger partial charge in [0.05, 0.1) is 12.2 Å². The Balaban J connectivity index is 2.13. The number of amides is 2. The number of aromatic nitrogens is 2. The maximum absolute atomic E-state index is 14.0. The molecule has 184 valence electrons. The number of hydrogen-bond acceptors (Lipinski definition) is 8. The number of ether oxygens (including phenoxy) is 2. The van der Waals surface area contributed by atoms with Crippen molar-refractivity contribution in [3.63, 3.8) is 0 Å². The normalized spacial score (nSPS) is 18.7. The van der Waals surface area contributed by atoms with E-state index in [1.54, 1.807) is 41.5 Å². The third-order valence-corrected chi connectivity index (χ3v) is 4.43. The Morgan fingerprint density at radius 1 is 1.09 bits per heavy atom. The fraction of sp³-hybridized carbons (Fsp3) is 0.667. The zero-order valence-electron chi connectivity index (χ0n) is 19.8. The van der Waals surface area contributed by atoms with E-state index in [4.69, 9.17) is 21.1 Å². The molecule has 1 fully saturated rings. The molecule has 12 heteroatoms. The van der Waals surface area contributed by atoms with E-state index in [1.807, 2.05) is 0 Å². The molecule has 1 saturated carbocycles. The Morgan fingerprint density at radius 3 is 2.21 bits per heavy atom. The summed E-state index contributed by atoms with van der Waals surface area (Å²) in [5.41, 5.74) is -1.46. The van der Waals surface area contributed by atoms with Gasteiger partial charge in [-0.15, -0.1) is 0 Å². The summed E-state index contributed by atoms with van der Waals surface area (Å²) in [6, 6.07) is -0.409. The van der Waals surface area contributed by atoms with Crippen molar-refractivity contribution < 1.29 is 23.5 Å². The van der Waals surface area contributed by atoms with Gasteiger partial charge >= 0.3 is 12.2 Å². The van der Waals surface area contributed by atoms with Gasteiger partial charge in [-0.2, -0.15) is 4.98 Å². The van der Waals surface area contributed by atoms with Gasteiger partial charge in [-0.3, -0.25) is 10.6 Å². The Bertz CT molecular complexity index is 852. The quantitative estimate of drug-likeness (QED) is 0.328. The van der Waals surface area contributed by atoms with Crippen molar-refractivity contribution in [2.24, 2.45) is 4.99 Å². The molecule has 0 saturated heterocycles. The lowest BCUT2D eigenvalue weighted by atomic mass is 9.91. The fourth-order valence-corrected chi connectivity index (χ4v) is 3.26. The summed E-state index contributed by atoms with van der Waals surface area (Å²) in [5, 5.41) is 7.93. The summed E-state index contributed by atoms with van der Waals surface area (Å²) in [6.07, 6.45) is 2.25. The largest absolute Gasteiger partial charge is 0.444 e. The molecule has 2 rings (SSSR count). The van der Waals surface area contributed by atoms with Crippen LogP contribution in [0.3, 0.4) is 0 Å². The Labute approximate surface area is 198 Å². The molecule has 1 aromatic heterocycles. The number of aliphatic imine (C=N–C) groups is 1. The minimum absolute atomic E-state index is 0.0172. The van der Waals surface area contributed by atoms with Gasteiger partial charge in [0.2, 0.25) is 11.2 Å². The Kier molecular flexibility index (Phi) is 8.82. The monoisotopic (exact) mass is 486 g/mol. The third-order valence-electron chi connectivity index (χ3n) is 4.25. The second kappa shape index (κ2) is 11.0. The van der Waals surface area contributed by atoms with Crippen LogP contribution in [0.15, 0.2) is 11.2 Å². The predicted molar refractivity (Wildman–Crippen MR) is 123 cm³/mol. The molecule has 0 spiro atoms. The van der Waals surface area contributed by atoms with E-state index >= 15 is 0 Å². The van der Waals surface area contributed by atoms with Gasteiger partial charge in [0.15, 0.2) is 11.6 Å². The number of nitrogens with zero attached hydrogens (tertiary/aromatic N) is 3. The number of guanidine groups is 1. The van der Waals surface area contributed by atoms with E-state index in [1.165, 1.54) is 0 Å². The molecular formula is C21H32ClFN6O4. The van der Waals surface area contributed by atoms with Crippen LogP contribution in [0.25, 0.3) is 0 Å². The number of rotatable bonds is 3. The van der Waals surface area contributed by atoms with Crippen LogP contribution in [0, 0.1) is 5.82 Å². The number of carbonyl (C=O) groups excluding carboxylic acids is 2. The van der Waals surface area contributed by atoms with Gasteiger partial charge in [0.1, 0.15) is 11.2 Å². The zero-order valence-corrected chi connectivity index (χ0v) is 20.5. The van der Waals surface area contributed by atoms with Crippen molar-refractivity contribution in [3.05, 3.63) is 17.3 Å². The highest BCUT2D eigenvalue weighted by atomic mass is 35.5. The van der Waals surface area contributed by atoms with Crippen LogP contribution in [0.1, 0.15) is 67.2 Å². The molecule has 0 radical (unpaired) electrons. The zero-order chi connectivity index (χ0) is 24.8. The molecular weight excluding hydrogens is 455 g/mol. The van der Waals surface area contributed by atoms with Gasteiger partial charge in [-0.25, -0.2) is 24.0 Å². The number of anilines is 1. The molecule has 2 amide bonds. The molecule has 0 aliphatic heterocycles. The first kappa shape index (κ1) is 26.6. The van der Waals surface area contributed by atoms with Crippen LogP contribution in [-0.4, -0.2) is 51.4 Å². The number of hydrogen-bond donors (Lipinski definition) is 3. The van der Waals surface area contributed by atoms with Crippen molar-refractivity contribution >= 4 is 35.6 Å². The topological polar surface area (TPSA) is 127 Å². The van der Waals surface area contributed by atoms with Gasteiger partial charge < -0.3 is 14.8 Å². The maximum Gasteiger partial charge on any atom is 0.414 e. The second-order valence-electron chi connectivity index (χ2n) is 9.73. The van der Waals surface area contributed by atoms with E-state index in [9.17, 15) is 14.0 Å². The van der Waals surface area contributed by atoms with Gasteiger partial charge in [0.25, 0.3) is 0 Å². The van der Waals surface area contributed by atoms with Crippen LogP contribution in [0.2, 0.25) is 5.28 Å². The summed E-state index contributed by atoms with van der Waals surface area (Å²) in [7, 11) is 0. The second-order valence-corrected chi connectivity index (χ2v) is 10.1. The fourth-order valence-electron chi connectivity index (χ4n) is 3.13. The van der Waals surface area contributed by atoms with E-state index in [0.29, 0.717) is 12.8 Å². The van der Waals surface area contributed by atoms with Crippen LogP contribution < -0.4 is 16.0 Å². The minimum Gasteiger partial charge on any atom is -0.444 e. The highest BCUT2D eigenvalue weighted by Gasteiger charge is 2.26. The minimum atomic E-state index is -0.763. The highest BCUT2D eigenvalue weighted by molar-refractivity contribution is 6.28. The summed E-state index contributed by atoms with van der Waals surface area (Å²) in [5.74, 6) is -0.673. The van der Waals surface area contributed by atoms with Crippen LogP contribution in [-0.2, 0) is 9.47 Å². The maximum atomic E-state index is 14.0. The number of halogens is 2. The van der Waals surface area contributed by atoms with E-state index in [-0.39, 0.29) is 29.1 Å². The molecule has 1 aliphatic rings. The average molecular weight is 487 g/mol. The van der Waals surface area contributed by atoms with Gasteiger partial charge in [0, 0.05) is 6.04 Å².